The van der Waals surface area contributed by atoms with E-state index < -0.39 is 17.5 Å². The van der Waals surface area contributed by atoms with Gasteiger partial charge < -0.3 is 4.90 Å². The van der Waals surface area contributed by atoms with E-state index >= 15 is 0 Å². The summed E-state index contributed by atoms with van der Waals surface area (Å²) >= 11 is 5.62. The molecule has 1 aliphatic carbocycles. The number of nitrogens with zero attached hydrogens (tertiary/aromatic N) is 1. The molecule has 92 valence electrons. The highest BCUT2D eigenvalue weighted by molar-refractivity contribution is 6.18. The number of hydrogen-bond donors (Lipinski definition) is 0. The van der Waals surface area contributed by atoms with Gasteiger partial charge in [-0.25, -0.2) is 8.78 Å². The van der Waals surface area contributed by atoms with Crippen molar-refractivity contribution in [2.75, 3.05) is 12.4 Å². The number of amides is 1. The molecule has 1 fully saturated rings. The maximum absolute atomic E-state index is 13.5. The molecule has 1 saturated carbocycles. The molecule has 0 saturated heterocycles. The van der Waals surface area contributed by atoms with E-state index in [1.165, 1.54) is 6.07 Å². The normalized spacial score (nSPS) is 14.8. The Morgan fingerprint density at radius 2 is 2.12 bits per heavy atom. The minimum absolute atomic E-state index is 0.0941. The predicted octanol–water partition coefficient (Wildman–Crippen LogP) is 2.81. The number of carbonyl (C=O) groups excluding carboxylic acids is 1. The summed E-state index contributed by atoms with van der Waals surface area (Å²) in [5.41, 5.74) is -0.0941. The maximum Gasteiger partial charge on any atom is 0.257 e. The lowest BCUT2D eigenvalue weighted by Gasteiger charge is -2.21. The molecule has 1 aromatic rings. The molecule has 0 unspecified atom stereocenters. The first-order valence-electron chi connectivity index (χ1n) is 5.45. The van der Waals surface area contributed by atoms with E-state index in [9.17, 15) is 13.6 Å². The van der Waals surface area contributed by atoms with Crippen molar-refractivity contribution in [3.63, 3.8) is 0 Å². The molecule has 1 amide bonds. The van der Waals surface area contributed by atoms with Crippen molar-refractivity contribution in [1.29, 1.82) is 0 Å². The Kier molecular flexibility index (Phi) is 3.62. The molecule has 1 aliphatic rings. The van der Waals surface area contributed by atoms with Gasteiger partial charge in [-0.05, 0) is 25.0 Å². The van der Waals surface area contributed by atoms with Gasteiger partial charge in [0.05, 0.1) is 5.56 Å². The third kappa shape index (κ3) is 2.75. The van der Waals surface area contributed by atoms with E-state index in [0.29, 0.717) is 12.4 Å². The zero-order chi connectivity index (χ0) is 12.4. The minimum Gasteiger partial charge on any atom is -0.334 e. The van der Waals surface area contributed by atoms with Gasteiger partial charge in [-0.3, -0.25) is 4.79 Å². The second kappa shape index (κ2) is 5.00. The summed E-state index contributed by atoms with van der Waals surface area (Å²) in [5.74, 6) is -1.61. The number of rotatable bonds is 4. The minimum atomic E-state index is -0.824. The molecule has 2 rings (SSSR count). The van der Waals surface area contributed by atoms with Crippen LogP contribution in [0.2, 0.25) is 0 Å². The van der Waals surface area contributed by atoms with Crippen molar-refractivity contribution in [3.05, 3.63) is 35.4 Å². The van der Waals surface area contributed by atoms with Gasteiger partial charge in [-0.2, -0.15) is 0 Å². The second-order valence-corrected chi connectivity index (χ2v) is 4.42. The molecular formula is C12H12ClF2NO. The van der Waals surface area contributed by atoms with Crippen LogP contribution in [0.1, 0.15) is 23.2 Å². The molecule has 0 heterocycles. The number of benzene rings is 1. The largest absolute Gasteiger partial charge is 0.334 e. The number of alkyl halides is 1. The van der Waals surface area contributed by atoms with Crippen LogP contribution in [0.15, 0.2) is 18.2 Å². The molecule has 1 aromatic carbocycles. The molecule has 0 atom stereocenters. The summed E-state index contributed by atoms with van der Waals surface area (Å²) in [6, 6.07) is 3.14. The lowest BCUT2D eigenvalue weighted by molar-refractivity contribution is 0.0749. The molecule has 0 spiro atoms. The number of carbonyl (C=O) groups is 1. The van der Waals surface area contributed by atoms with Crippen LogP contribution in [0.5, 0.6) is 0 Å². The summed E-state index contributed by atoms with van der Waals surface area (Å²) in [6.45, 7) is 0.391. The summed E-state index contributed by atoms with van der Waals surface area (Å²) in [7, 11) is 0. The van der Waals surface area contributed by atoms with Gasteiger partial charge in [0.25, 0.3) is 5.91 Å². The Hall–Kier alpha value is -1.16. The molecule has 0 aliphatic heterocycles. The first kappa shape index (κ1) is 12.3. The molecule has 5 heteroatoms. The average molecular weight is 260 g/mol. The fourth-order valence-electron chi connectivity index (χ4n) is 1.74. The van der Waals surface area contributed by atoms with Crippen molar-refractivity contribution in [3.8, 4) is 0 Å². The average Bonchev–Trinajstić information content (AvgIpc) is 3.09. The zero-order valence-corrected chi connectivity index (χ0v) is 9.88. The highest BCUT2D eigenvalue weighted by Gasteiger charge is 2.33. The molecule has 0 N–H and O–H groups in total. The van der Waals surface area contributed by atoms with Crippen molar-refractivity contribution in [1.82, 2.24) is 4.90 Å². The highest BCUT2D eigenvalue weighted by Crippen LogP contribution is 2.28. The Labute approximate surface area is 103 Å². The fraction of sp³-hybridized carbons (Fsp3) is 0.417. The van der Waals surface area contributed by atoms with Crippen molar-refractivity contribution >= 4 is 17.5 Å². The van der Waals surface area contributed by atoms with E-state index in [2.05, 4.69) is 0 Å². The van der Waals surface area contributed by atoms with Gasteiger partial charge in [0, 0.05) is 24.5 Å². The molecule has 0 radical (unpaired) electrons. The SMILES string of the molecule is O=C(c1ccc(F)cc1F)N(CCCl)C1CC1. The van der Waals surface area contributed by atoms with E-state index in [4.69, 9.17) is 11.6 Å². The predicted molar refractivity (Wildman–Crippen MR) is 61.1 cm³/mol. The van der Waals surface area contributed by atoms with Gasteiger partial charge in [-0.15, -0.1) is 11.6 Å². The van der Waals surface area contributed by atoms with Crippen LogP contribution < -0.4 is 0 Å². The zero-order valence-electron chi connectivity index (χ0n) is 9.13. The Morgan fingerprint density at radius 3 is 2.65 bits per heavy atom. The molecular weight excluding hydrogens is 248 g/mol. The smallest absolute Gasteiger partial charge is 0.257 e. The Balaban J connectivity index is 2.22. The van der Waals surface area contributed by atoms with Gasteiger partial charge in [-0.1, -0.05) is 0 Å². The van der Waals surface area contributed by atoms with Crippen LogP contribution in [-0.2, 0) is 0 Å². The van der Waals surface area contributed by atoms with Crippen LogP contribution in [0.4, 0.5) is 8.78 Å². The summed E-state index contributed by atoms with van der Waals surface area (Å²) in [6.07, 6.45) is 1.84. The van der Waals surface area contributed by atoms with Crippen molar-refractivity contribution in [2.24, 2.45) is 0 Å². The number of halogens is 3. The van der Waals surface area contributed by atoms with Crippen molar-refractivity contribution < 1.29 is 13.6 Å². The number of hydrogen-bond acceptors (Lipinski definition) is 1. The van der Waals surface area contributed by atoms with Gasteiger partial charge >= 0.3 is 0 Å². The first-order valence-corrected chi connectivity index (χ1v) is 5.99. The van der Waals surface area contributed by atoms with E-state index in [1.54, 1.807) is 4.90 Å². The first-order chi connectivity index (χ1) is 8.13. The quantitative estimate of drug-likeness (QED) is 0.762. The molecule has 17 heavy (non-hydrogen) atoms. The van der Waals surface area contributed by atoms with E-state index in [0.717, 1.165) is 25.0 Å². The van der Waals surface area contributed by atoms with Crippen LogP contribution in [0, 0.1) is 11.6 Å². The maximum atomic E-state index is 13.5. The molecule has 0 bridgehead atoms. The van der Waals surface area contributed by atoms with Crippen molar-refractivity contribution in [2.45, 2.75) is 18.9 Å². The van der Waals surface area contributed by atoms with Crippen LogP contribution in [-0.4, -0.2) is 29.3 Å². The van der Waals surface area contributed by atoms with Gasteiger partial charge in [0.15, 0.2) is 0 Å². The Bertz CT molecular complexity index is 435. The monoisotopic (exact) mass is 259 g/mol. The lowest BCUT2D eigenvalue weighted by Crippen LogP contribution is -2.35. The second-order valence-electron chi connectivity index (χ2n) is 4.04. The van der Waals surface area contributed by atoms with Crippen LogP contribution >= 0.6 is 11.6 Å². The van der Waals surface area contributed by atoms with Crippen LogP contribution in [0.3, 0.4) is 0 Å². The standard InChI is InChI=1S/C12H12ClF2NO/c13-5-6-16(9-2-3-9)12(17)10-4-1-8(14)7-11(10)15/h1,4,7,9H,2-3,5-6H2. The lowest BCUT2D eigenvalue weighted by atomic mass is 10.1. The summed E-state index contributed by atoms with van der Waals surface area (Å²) in [4.78, 5) is 13.6. The van der Waals surface area contributed by atoms with E-state index in [1.807, 2.05) is 0 Å². The Morgan fingerprint density at radius 1 is 1.41 bits per heavy atom. The van der Waals surface area contributed by atoms with Gasteiger partial charge in [0.1, 0.15) is 11.6 Å². The molecule has 0 aromatic heterocycles. The topological polar surface area (TPSA) is 20.3 Å². The van der Waals surface area contributed by atoms with Crippen LogP contribution in [0.25, 0.3) is 0 Å². The highest BCUT2D eigenvalue weighted by atomic mass is 35.5. The fourth-order valence-corrected chi connectivity index (χ4v) is 1.93. The van der Waals surface area contributed by atoms with E-state index in [-0.39, 0.29) is 11.6 Å². The third-order valence-electron chi connectivity index (χ3n) is 2.74. The third-order valence-corrected chi connectivity index (χ3v) is 2.90. The summed E-state index contributed by atoms with van der Waals surface area (Å²) < 4.78 is 26.2. The van der Waals surface area contributed by atoms with Gasteiger partial charge in [0.2, 0.25) is 0 Å². The molecule has 2 nitrogen and oxygen atoms in total. The summed E-state index contributed by atoms with van der Waals surface area (Å²) in [5, 5.41) is 0.